The number of fused-ring (bicyclic) bond motifs is 1. The Morgan fingerprint density at radius 2 is 1.97 bits per heavy atom. The first-order valence-electron chi connectivity index (χ1n) is 11.7. The molecule has 7 nitrogen and oxygen atoms in total. The average Bonchev–Trinajstić information content (AvgIpc) is 3.56. The molecule has 0 N–H and O–H groups in total. The summed E-state index contributed by atoms with van der Waals surface area (Å²) in [7, 11) is 0. The minimum Gasteiger partial charge on any atom is -0.419 e. The smallest absolute Gasteiger partial charge is 0.249 e. The van der Waals surface area contributed by atoms with Gasteiger partial charge in [-0.15, -0.1) is 10.2 Å². The van der Waals surface area contributed by atoms with Crippen molar-refractivity contribution in [3.8, 4) is 11.5 Å². The van der Waals surface area contributed by atoms with Gasteiger partial charge in [0.15, 0.2) is 0 Å². The van der Waals surface area contributed by atoms with Crippen molar-refractivity contribution in [3.05, 3.63) is 64.5 Å². The summed E-state index contributed by atoms with van der Waals surface area (Å²) >= 11 is 6.24. The fourth-order valence-electron chi connectivity index (χ4n) is 4.80. The van der Waals surface area contributed by atoms with E-state index >= 15 is 0 Å². The number of anilines is 1. The maximum atomic E-state index is 13.5. The highest BCUT2D eigenvalue weighted by atomic mass is 35.5. The molecule has 2 aromatic carbocycles. The molecule has 1 atom stereocenters. The molecule has 1 unspecified atom stereocenters. The summed E-state index contributed by atoms with van der Waals surface area (Å²) in [6, 6.07) is 13.4. The molecule has 176 valence electrons. The molecule has 2 heterocycles. The number of aryl methyl sites for hydroxylation is 2. The molecule has 5 rings (SSSR count). The van der Waals surface area contributed by atoms with E-state index in [0.29, 0.717) is 28.9 Å². The zero-order valence-corrected chi connectivity index (χ0v) is 20.1. The van der Waals surface area contributed by atoms with Crippen molar-refractivity contribution in [2.45, 2.75) is 52.1 Å². The highest BCUT2D eigenvalue weighted by molar-refractivity contribution is 6.33. The first kappa shape index (κ1) is 22.6. The van der Waals surface area contributed by atoms with E-state index in [4.69, 9.17) is 16.0 Å². The lowest BCUT2D eigenvalue weighted by atomic mass is 10.1. The third-order valence-electron chi connectivity index (χ3n) is 6.65. The Hall–Kier alpha value is -3.19. The Morgan fingerprint density at radius 3 is 2.76 bits per heavy atom. The molecule has 2 aliphatic rings. The molecule has 1 saturated heterocycles. The molecule has 1 aliphatic heterocycles. The van der Waals surface area contributed by atoms with Crippen LogP contribution in [0.5, 0.6) is 0 Å². The quantitative estimate of drug-likeness (QED) is 0.514. The fraction of sp³-hybridized carbons (Fsp3) is 0.385. The monoisotopic (exact) mass is 478 g/mol. The molecule has 0 bridgehead atoms. The largest absolute Gasteiger partial charge is 0.419 e. The predicted molar refractivity (Wildman–Crippen MR) is 129 cm³/mol. The highest BCUT2D eigenvalue weighted by Gasteiger charge is 2.38. The van der Waals surface area contributed by atoms with Gasteiger partial charge in [-0.2, -0.15) is 0 Å². The van der Waals surface area contributed by atoms with E-state index in [1.54, 1.807) is 15.9 Å². The number of nitrogens with zero attached hydrogens (tertiary/aromatic N) is 4. The highest BCUT2D eigenvalue weighted by Crippen LogP contribution is 2.32. The summed E-state index contributed by atoms with van der Waals surface area (Å²) in [5, 5.41) is 8.76. The minimum atomic E-state index is -0.408. The Bertz CT molecular complexity index is 1240. The van der Waals surface area contributed by atoms with Crippen LogP contribution < -0.4 is 4.90 Å². The lowest BCUT2D eigenvalue weighted by Crippen LogP contribution is -2.41. The number of hydrogen-bond donors (Lipinski definition) is 0. The maximum absolute atomic E-state index is 13.5. The summed E-state index contributed by atoms with van der Waals surface area (Å²) in [5.41, 5.74) is 4.22. The number of carbonyl (C=O) groups is 2. The van der Waals surface area contributed by atoms with Crippen LogP contribution in [0, 0.1) is 5.92 Å². The van der Waals surface area contributed by atoms with E-state index in [2.05, 4.69) is 22.3 Å². The molecule has 0 radical (unpaired) electrons. The summed E-state index contributed by atoms with van der Waals surface area (Å²) in [6.07, 6.45) is 3.51. The van der Waals surface area contributed by atoms with Crippen molar-refractivity contribution < 1.29 is 14.0 Å². The number of hydrogen-bond acceptors (Lipinski definition) is 5. The molecular weight excluding hydrogens is 452 g/mol. The number of carbonyl (C=O) groups excluding carboxylic acids is 2. The van der Waals surface area contributed by atoms with E-state index in [0.717, 1.165) is 24.9 Å². The first-order chi connectivity index (χ1) is 16.4. The number of rotatable bonds is 6. The van der Waals surface area contributed by atoms with Gasteiger partial charge in [0, 0.05) is 24.7 Å². The van der Waals surface area contributed by atoms with Crippen LogP contribution in [0.25, 0.3) is 11.5 Å². The van der Waals surface area contributed by atoms with E-state index in [1.807, 2.05) is 38.1 Å². The molecule has 34 heavy (non-hydrogen) atoms. The van der Waals surface area contributed by atoms with Gasteiger partial charge in [0.05, 0.1) is 23.0 Å². The van der Waals surface area contributed by atoms with Crippen LogP contribution in [0.1, 0.15) is 43.7 Å². The van der Waals surface area contributed by atoms with Gasteiger partial charge >= 0.3 is 0 Å². The zero-order valence-electron chi connectivity index (χ0n) is 19.3. The van der Waals surface area contributed by atoms with Crippen molar-refractivity contribution in [2.75, 3.05) is 11.4 Å². The Labute approximate surface area is 203 Å². The summed E-state index contributed by atoms with van der Waals surface area (Å²) in [6.45, 7) is 4.45. The second-order valence-corrected chi connectivity index (χ2v) is 9.66. The Kier molecular flexibility index (Phi) is 6.13. The topological polar surface area (TPSA) is 79.5 Å². The van der Waals surface area contributed by atoms with Gasteiger partial charge in [0.2, 0.25) is 23.6 Å². The molecule has 0 spiro atoms. The second-order valence-electron chi connectivity index (χ2n) is 9.25. The van der Waals surface area contributed by atoms with Crippen molar-refractivity contribution in [2.24, 2.45) is 5.92 Å². The number of aromatic nitrogens is 2. The van der Waals surface area contributed by atoms with Gasteiger partial charge in [0.1, 0.15) is 0 Å². The third-order valence-corrected chi connectivity index (χ3v) is 6.98. The number of amides is 2. The van der Waals surface area contributed by atoms with Crippen LogP contribution in [0.3, 0.4) is 0 Å². The average molecular weight is 479 g/mol. The van der Waals surface area contributed by atoms with Crippen molar-refractivity contribution in [3.63, 3.8) is 0 Å². The Morgan fingerprint density at radius 1 is 1.18 bits per heavy atom. The second kappa shape index (κ2) is 9.22. The van der Waals surface area contributed by atoms with Crippen LogP contribution in [0.2, 0.25) is 5.02 Å². The molecule has 1 aromatic heterocycles. The fourth-order valence-corrected chi connectivity index (χ4v) is 5.02. The van der Waals surface area contributed by atoms with Crippen LogP contribution in [-0.4, -0.2) is 39.5 Å². The summed E-state index contributed by atoms with van der Waals surface area (Å²) < 4.78 is 5.82. The lowest BCUT2D eigenvalue weighted by Gasteiger charge is -2.28. The molecule has 8 heteroatoms. The van der Waals surface area contributed by atoms with Gasteiger partial charge in [-0.25, -0.2) is 0 Å². The van der Waals surface area contributed by atoms with Gasteiger partial charge in [-0.3, -0.25) is 9.59 Å². The van der Waals surface area contributed by atoms with Crippen LogP contribution in [-0.2, 0) is 29.0 Å². The summed E-state index contributed by atoms with van der Waals surface area (Å²) in [5.74, 6) is 0.143. The van der Waals surface area contributed by atoms with E-state index < -0.39 is 5.92 Å². The van der Waals surface area contributed by atoms with Crippen molar-refractivity contribution in [1.82, 2.24) is 15.1 Å². The number of benzene rings is 2. The van der Waals surface area contributed by atoms with Crippen LogP contribution in [0.4, 0.5) is 5.69 Å². The Balaban J connectivity index is 1.30. The normalized spacial score (nSPS) is 17.5. The molecule has 3 aromatic rings. The van der Waals surface area contributed by atoms with Crippen LogP contribution >= 0.6 is 11.6 Å². The van der Waals surface area contributed by atoms with E-state index in [1.165, 1.54) is 11.1 Å². The van der Waals surface area contributed by atoms with Gasteiger partial charge in [-0.05, 0) is 68.5 Å². The summed E-state index contributed by atoms with van der Waals surface area (Å²) in [4.78, 5) is 29.8. The zero-order chi connectivity index (χ0) is 23.8. The molecule has 1 fully saturated rings. The van der Waals surface area contributed by atoms with Gasteiger partial charge in [0.25, 0.3) is 0 Å². The minimum absolute atomic E-state index is 0.0150. The first-order valence-corrected chi connectivity index (χ1v) is 12.1. The van der Waals surface area contributed by atoms with Gasteiger partial charge < -0.3 is 14.2 Å². The van der Waals surface area contributed by atoms with Gasteiger partial charge in [-0.1, -0.05) is 29.8 Å². The van der Waals surface area contributed by atoms with E-state index in [-0.39, 0.29) is 30.8 Å². The standard InChI is InChI=1S/C26H27ClN4O3/c1-16(2)30(15-23-28-29-25(34-23)21-8-3-4-9-22(21)27)26(33)19-13-24(32)31(14-19)20-11-10-17-6-5-7-18(17)12-20/h3-4,8-12,16,19H,5-7,13-15H2,1-2H3. The van der Waals surface area contributed by atoms with E-state index in [9.17, 15) is 9.59 Å². The van der Waals surface area contributed by atoms with Crippen LogP contribution in [0.15, 0.2) is 46.9 Å². The lowest BCUT2D eigenvalue weighted by molar-refractivity contribution is -0.138. The molecule has 2 amide bonds. The predicted octanol–water partition coefficient (Wildman–Crippen LogP) is 4.67. The SMILES string of the molecule is CC(C)N(Cc1nnc(-c2ccccc2Cl)o1)C(=O)C1CC(=O)N(c2ccc3c(c2)CCC3)C1. The van der Waals surface area contributed by atoms with Crippen molar-refractivity contribution >= 4 is 29.1 Å². The number of halogens is 1. The molecule has 1 aliphatic carbocycles. The van der Waals surface area contributed by atoms with Crippen molar-refractivity contribution in [1.29, 1.82) is 0 Å². The maximum Gasteiger partial charge on any atom is 0.249 e. The molecular formula is C26H27ClN4O3. The molecule has 0 saturated carbocycles. The third kappa shape index (κ3) is 4.32.